The normalized spacial score (nSPS) is 14.2. The van der Waals surface area contributed by atoms with Gasteiger partial charge in [0.05, 0.1) is 17.6 Å². The molecule has 0 saturated carbocycles. The van der Waals surface area contributed by atoms with Crippen molar-refractivity contribution in [2.75, 3.05) is 0 Å². The van der Waals surface area contributed by atoms with Crippen LogP contribution < -0.4 is 0 Å². The zero-order valence-corrected chi connectivity index (χ0v) is 16.0. The molecule has 0 radical (unpaired) electrons. The molecule has 2 aromatic heterocycles. The van der Waals surface area contributed by atoms with Crippen molar-refractivity contribution in [3.8, 4) is 11.3 Å². The highest BCUT2D eigenvalue weighted by atomic mass is 19.3. The Hall–Kier alpha value is -2.74. The fraction of sp³-hybridized carbons (Fsp3) is 0.333. The Morgan fingerprint density at radius 2 is 1.76 bits per heavy atom. The van der Waals surface area contributed by atoms with Gasteiger partial charge in [0, 0.05) is 24.6 Å². The Labute approximate surface area is 165 Å². The van der Waals surface area contributed by atoms with Gasteiger partial charge in [-0.25, -0.2) is 22.5 Å². The van der Waals surface area contributed by atoms with E-state index in [0.29, 0.717) is 17.0 Å². The SMILES string of the molecule is CC(C)(F)Cc1c[nH]c(CC(O)(c2ccc(-c3ccc(F)cn3)cc2)C(F)F)n1. The number of halogens is 4. The van der Waals surface area contributed by atoms with E-state index in [1.165, 1.54) is 56.4 Å². The number of aromatic nitrogens is 3. The van der Waals surface area contributed by atoms with E-state index < -0.39 is 29.9 Å². The molecule has 0 amide bonds. The van der Waals surface area contributed by atoms with Crippen LogP contribution in [-0.4, -0.2) is 32.2 Å². The fourth-order valence-electron chi connectivity index (χ4n) is 3.05. The Bertz CT molecular complexity index is 949. The molecule has 1 unspecified atom stereocenters. The average molecular weight is 407 g/mol. The predicted molar refractivity (Wildman–Crippen MR) is 101 cm³/mol. The molecule has 0 aliphatic rings. The van der Waals surface area contributed by atoms with Gasteiger partial charge >= 0.3 is 0 Å². The van der Waals surface area contributed by atoms with Gasteiger partial charge in [0.1, 0.15) is 17.3 Å². The minimum absolute atomic E-state index is 0.00198. The standard InChI is InChI=1S/C21H21F4N3O/c1-20(2,25)9-16-12-27-18(28-16)10-21(29,19(23)24)14-5-3-13(4-6-14)17-8-7-15(22)11-26-17/h3-8,11-12,19,29H,9-10H2,1-2H3,(H,27,28). The second-order valence-electron chi connectivity index (χ2n) is 7.57. The van der Waals surface area contributed by atoms with Crippen LogP contribution in [0.1, 0.15) is 30.9 Å². The van der Waals surface area contributed by atoms with Crippen molar-refractivity contribution in [3.63, 3.8) is 0 Å². The number of hydrogen-bond donors (Lipinski definition) is 2. The van der Waals surface area contributed by atoms with Crippen molar-refractivity contribution in [2.24, 2.45) is 0 Å². The van der Waals surface area contributed by atoms with Crippen molar-refractivity contribution in [3.05, 3.63) is 71.7 Å². The zero-order chi connectivity index (χ0) is 21.2. The smallest absolute Gasteiger partial charge is 0.271 e. The molecule has 3 aromatic rings. The number of nitrogens with zero attached hydrogens (tertiary/aromatic N) is 2. The Morgan fingerprint density at radius 3 is 2.31 bits per heavy atom. The van der Waals surface area contributed by atoms with Crippen LogP contribution in [0.5, 0.6) is 0 Å². The number of aliphatic hydroxyl groups is 1. The summed E-state index contributed by atoms with van der Waals surface area (Å²) in [5.74, 6) is -0.345. The molecule has 1 aromatic carbocycles. The zero-order valence-electron chi connectivity index (χ0n) is 16.0. The topological polar surface area (TPSA) is 61.8 Å². The van der Waals surface area contributed by atoms with Crippen LogP contribution in [-0.2, 0) is 18.4 Å². The van der Waals surface area contributed by atoms with Crippen molar-refractivity contribution in [1.29, 1.82) is 0 Å². The van der Waals surface area contributed by atoms with Crippen LogP contribution in [0, 0.1) is 5.82 Å². The highest BCUT2D eigenvalue weighted by Gasteiger charge is 2.40. The molecular formula is C21H21F4N3O. The van der Waals surface area contributed by atoms with E-state index in [-0.39, 0.29) is 17.8 Å². The Kier molecular flexibility index (Phi) is 5.75. The van der Waals surface area contributed by atoms with Gasteiger partial charge in [0.25, 0.3) is 6.43 Å². The molecule has 2 heterocycles. The first-order valence-corrected chi connectivity index (χ1v) is 9.02. The number of H-pyrrole nitrogens is 1. The highest BCUT2D eigenvalue weighted by molar-refractivity contribution is 5.59. The van der Waals surface area contributed by atoms with Crippen molar-refractivity contribution < 1.29 is 22.7 Å². The highest BCUT2D eigenvalue weighted by Crippen LogP contribution is 2.33. The third-order valence-corrected chi connectivity index (χ3v) is 4.49. The molecule has 29 heavy (non-hydrogen) atoms. The third kappa shape index (κ3) is 5.00. The minimum atomic E-state index is -3.08. The lowest BCUT2D eigenvalue weighted by molar-refractivity contribution is -0.102. The number of nitrogens with one attached hydrogen (secondary N) is 1. The van der Waals surface area contributed by atoms with Gasteiger partial charge in [0.2, 0.25) is 0 Å². The largest absolute Gasteiger partial charge is 0.379 e. The van der Waals surface area contributed by atoms with Gasteiger partial charge in [-0.15, -0.1) is 0 Å². The lowest BCUT2D eigenvalue weighted by Crippen LogP contribution is -2.37. The van der Waals surface area contributed by atoms with Crippen LogP contribution in [0.4, 0.5) is 17.6 Å². The van der Waals surface area contributed by atoms with E-state index in [0.717, 1.165) is 6.20 Å². The summed E-state index contributed by atoms with van der Waals surface area (Å²) < 4.78 is 54.4. The summed E-state index contributed by atoms with van der Waals surface area (Å²) in [4.78, 5) is 10.8. The van der Waals surface area contributed by atoms with E-state index in [1.807, 2.05) is 0 Å². The number of aromatic amines is 1. The molecule has 1 atom stereocenters. The monoisotopic (exact) mass is 407 g/mol. The summed E-state index contributed by atoms with van der Waals surface area (Å²) in [6.45, 7) is 2.79. The Balaban J connectivity index is 1.84. The fourth-order valence-corrected chi connectivity index (χ4v) is 3.05. The number of pyridine rings is 1. The van der Waals surface area contributed by atoms with E-state index in [1.54, 1.807) is 0 Å². The van der Waals surface area contributed by atoms with Crippen molar-refractivity contribution in [2.45, 2.75) is 44.4 Å². The molecule has 3 rings (SSSR count). The second-order valence-corrected chi connectivity index (χ2v) is 7.57. The third-order valence-electron chi connectivity index (χ3n) is 4.49. The van der Waals surface area contributed by atoms with Crippen molar-refractivity contribution in [1.82, 2.24) is 15.0 Å². The molecule has 0 fully saturated rings. The summed E-state index contributed by atoms with van der Waals surface area (Å²) in [6.07, 6.45) is -1.01. The van der Waals surface area contributed by atoms with Crippen LogP contribution >= 0.6 is 0 Å². The number of imidazole rings is 1. The molecule has 0 aliphatic carbocycles. The first kappa shape index (κ1) is 21.0. The van der Waals surface area contributed by atoms with Crippen molar-refractivity contribution >= 4 is 0 Å². The predicted octanol–water partition coefficient (Wildman–Crippen LogP) is 4.60. The van der Waals surface area contributed by atoms with E-state index in [9.17, 15) is 22.7 Å². The first-order chi connectivity index (χ1) is 13.6. The number of rotatable bonds is 7. The molecule has 2 N–H and O–H groups in total. The Morgan fingerprint density at radius 1 is 1.07 bits per heavy atom. The maximum absolute atomic E-state index is 13.8. The molecular weight excluding hydrogens is 386 g/mol. The molecule has 154 valence electrons. The molecule has 0 spiro atoms. The number of alkyl halides is 3. The molecule has 8 heteroatoms. The summed E-state index contributed by atoms with van der Waals surface area (Å²) in [7, 11) is 0. The number of benzene rings is 1. The molecule has 0 bridgehead atoms. The van der Waals surface area contributed by atoms with Gasteiger partial charge in [0.15, 0.2) is 5.60 Å². The lowest BCUT2D eigenvalue weighted by Gasteiger charge is -2.27. The quantitative estimate of drug-likeness (QED) is 0.563. The van der Waals surface area contributed by atoms with Crippen LogP contribution in [0.2, 0.25) is 0 Å². The average Bonchev–Trinajstić information content (AvgIpc) is 3.07. The summed E-state index contributed by atoms with van der Waals surface area (Å²) >= 11 is 0. The molecule has 4 nitrogen and oxygen atoms in total. The second kappa shape index (κ2) is 7.94. The maximum Gasteiger partial charge on any atom is 0.271 e. The lowest BCUT2D eigenvalue weighted by atomic mass is 9.89. The van der Waals surface area contributed by atoms with Gasteiger partial charge in [-0.1, -0.05) is 24.3 Å². The van der Waals surface area contributed by atoms with Gasteiger partial charge in [-0.2, -0.15) is 0 Å². The molecule has 0 aliphatic heterocycles. The van der Waals surface area contributed by atoms with E-state index in [4.69, 9.17) is 0 Å². The van der Waals surface area contributed by atoms with Crippen LogP contribution in [0.3, 0.4) is 0 Å². The maximum atomic E-state index is 13.8. The molecule has 0 saturated heterocycles. The van der Waals surface area contributed by atoms with E-state index in [2.05, 4.69) is 15.0 Å². The summed E-state index contributed by atoms with van der Waals surface area (Å²) in [5.41, 5.74) is -2.51. The first-order valence-electron chi connectivity index (χ1n) is 9.02. The summed E-state index contributed by atoms with van der Waals surface area (Å²) in [5, 5.41) is 10.7. The van der Waals surface area contributed by atoms with Gasteiger partial charge < -0.3 is 10.1 Å². The van der Waals surface area contributed by atoms with Gasteiger partial charge in [-0.05, 0) is 31.5 Å². The summed E-state index contributed by atoms with van der Waals surface area (Å²) in [6, 6.07) is 8.53. The minimum Gasteiger partial charge on any atom is -0.379 e. The van der Waals surface area contributed by atoms with Crippen LogP contribution in [0.25, 0.3) is 11.3 Å². The van der Waals surface area contributed by atoms with Gasteiger partial charge in [-0.3, -0.25) is 4.98 Å². The van der Waals surface area contributed by atoms with E-state index >= 15 is 0 Å². The number of hydrogen-bond acceptors (Lipinski definition) is 3. The van der Waals surface area contributed by atoms with Crippen LogP contribution in [0.15, 0.2) is 48.8 Å².